The lowest BCUT2D eigenvalue weighted by atomic mass is 9.78. The van der Waals surface area contributed by atoms with Crippen molar-refractivity contribution in [3.63, 3.8) is 0 Å². The molecule has 3 aromatic rings. The van der Waals surface area contributed by atoms with Crippen LogP contribution in [0.2, 0.25) is 0 Å². The van der Waals surface area contributed by atoms with Crippen LogP contribution in [0.15, 0.2) is 66.9 Å². The first-order valence-corrected chi connectivity index (χ1v) is 37.8. The number of carbonyl (C=O) groups is 16. The number of nitrogens with two attached hydrogens (primary N) is 2. The van der Waals surface area contributed by atoms with Crippen molar-refractivity contribution in [3.8, 4) is 0 Å². The number of rotatable bonds is 29. The third-order valence-corrected chi connectivity index (χ3v) is 20.9. The predicted octanol–water partition coefficient (Wildman–Crippen LogP) is 5.30. The number of carboxylic acid groups (broad SMARTS) is 2. The molecule has 2 aromatic carbocycles. The van der Waals surface area contributed by atoms with Gasteiger partial charge in [-0.25, -0.2) is 15.6 Å². The van der Waals surface area contributed by atoms with E-state index >= 15 is 9.59 Å². The van der Waals surface area contributed by atoms with E-state index in [2.05, 4.69) is 47.7 Å². The average Bonchev–Trinajstić information content (AvgIpc) is 1.26. The highest BCUT2D eigenvalue weighted by atomic mass is 16.4. The van der Waals surface area contributed by atoms with Gasteiger partial charge in [0.25, 0.3) is 0 Å². The Morgan fingerprint density at radius 1 is 0.676 bits per heavy atom. The maximum Gasteiger partial charge on any atom is 0.335 e. The fourth-order valence-electron chi connectivity index (χ4n) is 13.5. The minimum atomic E-state index is -1.76. The highest BCUT2D eigenvalue weighted by Crippen LogP contribution is 2.34. The summed E-state index contributed by atoms with van der Waals surface area (Å²) in [5.74, 6) is -17.1. The summed E-state index contributed by atoms with van der Waals surface area (Å²) in [6, 6.07) is 2.79. The number of H-pyrrole nitrogens is 1. The minimum Gasteiger partial charge on any atom is -0.481 e. The Balaban J connectivity index is 1.53. The summed E-state index contributed by atoms with van der Waals surface area (Å²) < 4.78 is 0. The lowest BCUT2D eigenvalue weighted by Gasteiger charge is -2.35. The molecule has 5 rings (SSSR count). The van der Waals surface area contributed by atoms with Crippen LogP contribution in [0.4, 0.5) is 0 Å². The third kappa shape index (κ3) is 27.6. The summed E-state index contributed by atoms with van der Waals surface area (Å²) >= 11 is 0. The van der Waals surface area contributed by atoms with Crippen LogP contribution in [-0.4, -0.2) is 163 Å². The molecule has 108 heavy (non-hydrogen) atoms. The van der Waals surface area contributed by atoms with Crippen LogP contribution in [0.3, 0.4) is 0 Å². The lowest BCUT2D eigenvalue weighted by molar-refractivity contribution is -0.141. The largest absolute Gasteiger partial charge is 0.481 e. The fraction of sp³-hybridized carbons (Fsp3) is 0.595. The average molecular weight is 1500 g/mol. The number of para-hydroxylation sites is 1. The van der Waals surface area contributed by atoms with Gasteiger partial charge in [-0.05, 0) is 146 Å². The summed E-state index contributed by atoms with van der Waals surface area (Å²) in [5, 5.41) is 36.9. The predicted molar refractivity (Wildman–Crippen MR) is 401 cm³/mol. The van der Waals surface area contributed by atoms with Gasteiger partial charge in [-0.3, -0.25) is 71.9 Å². The number of aromatic amines is 1. The number of amides is 7. The Kier molecular flexibility index (Phi) is 35.4. The van der Waals surface area contributed by atoms with Gasteiger partial charge in [-0.2, -0.15) is 0 Å². The van der Waals surface area contributed by atoms with Crippen LogP contribution < -0.4 is 54.2 Å². The Bertz CT molecular complexity index is 3750. The van der Waals surface area contributed by atoms with Crippen LogP contribution in [0.25, 0.3) is 10.9 Å². The zero-order valence-electron chi connectivity index (χ0n) is 63.8. The Hall–Kier alpha value is -9.48. The molecule has 0 radical (unpaired) electrons. The number of ketones is 7. The third-order valence-electron chi connectivity index (χ3n) is 20.9. The van der Waals surface area contributed by atoms with Gasteiger partial charge in [0.1, 0.15) is 17.4 Å². The van der Waals surface area contributed by atoms with Gasteiger partial charge in [0.05, 0.1) is 53.1 Å². The summed E-state index contributed by atoms with van der Waals surface area (Å²) in [7, 11) is 0. The quantitative estimate of drug-likeness (QED) is 0.0238. The minimum absolute atomic E-state index is 0.00594. The van der Waals surface area contributed by atoms with Gasteiger partial charge >= 0.3 is 11.9 Å². The molecule has 1 saturated carbocycles. The molecule has 3 unspecified atom stereocenters. The molecule has 0 saturated heterocycles. The van der Waals surface area contributed by atoms with Gasteiger partial charge < -0.3 is 58.6 Å². The zero-order chi connectivity index (χ0) is 80.2. The molecule has 592 valence electrons. The number of carbonyl (C=O) groups excluding carboxylic acids is 14. The molecule has 1 fully saturated rings. The van der Waals surface area contributed by atoms with Crippen molar-refractivity contribution in [1.29, 1.82) is 0 Å². The van der Waals surface area contributed by atoms with Crippen molar-refractivity contribution in [1.82, 2.24) is 47.7 Å². The molecule has 29 nitrogen and oxygen atoms in total. The van der Waals surface area contributed by atoms with E-state index in [0.29, 0.717) is 73.4 Å². The number of hydrogen-bond acceptors (Lipinski definition) is 19. The maximum absolute atomic E-state index is 15.2. The van der Waals surface area contributed by atoms with Crippen molar-refractivity contribution in [2.45, 2.75) is 258 Å². The van der Waals surface area contributed by atoms with E-state index in [4.69, 9.17) is 11.5 Å². The number of Topliss-reactive ketones (excluding diaryl/α,β-unsaturated/α-hetero) is 7. The van der Waals surface area contributed by atoms with Gasteiger partial charge in [0, 0.05) is 67.6 Å². The van der Waals surface area contributed by atoms with Crippen LogP contribution in [0, 0.1) is 35.0 Å². The summed E-state index contributed by atoms with van der Waals surface area (Å²) in [6.07, 6.45) is 9.38. The highest BCUT2D eigenvalue weighted by Gasteiger charge is 2.43. The van der Waals surface area contributed by atoms with Gasteiger partial charge in [0.15, 0.2) is 11.6 Å². The van der Waals surface area contributed by atoms with Gasteiger partial charge in [-0.1, -0.05) is 115 Å². The standard InChI is InChI=1S/C79H113N11O18/c1-10-45(2)66(63(93)37-46(3)71(81)101)90-89-50(7)69(99)67(97)49(6)85-77(108)79(9)36-21-17-15-13-11-12-14-16-20-35-78(8,42-47(4)91)76(107)87-60(32-34-65(95)96)74(104)86-61(39-52-27-29-53(30-28-52)75(105)106)62(92)41-54(40-55-43-82-58-26-19-18-25-57(55)58)72(102)84-48(5)68(98)70(100)59(31-33-64(80)94)83-44-56(73(103)88-79)38-51-23-22-24-51/h13,15,18-19,25-30,43,45-46,48-51,54,56,59-61,66,82-83,89-90H,10-12,14,16-17,20-24,31-42,44H2,1-9H3,(H2,80,94)(H2,81,101)(H,84,102)(H,85,108)(H,86,104)(H,87,107)(H,88,103)(H,95,96)(H,105,106)/b15-13+/t45?,46-,48-,49?,50?,54+,56+,59-,60-,61-,66-,78-,79-/m0/s1. The number of aromatic nitrogens is 1. The van der Waals surface area contributed by atoms with Crippen molar-refractivity contribution < 1.29 is 86.9 Å². The second-order valence-corrected chi connectivity index (χ2v) is 30.2. The van der Waals surface area contributed by atoms with E-state index in [1.165, 1.54) is 65.8 Å². The number of carboxylic acids is 2. The molecule has 0 spiro atoms. The lowest BCUT2D eigenvalue weighted by Crippen LogP contribution is -2.61. The van der Waals surface area contributed by atoms with Crippen molar-refractivity contribution in [3.05, 3.63) is 83.6 Å². The smallest absolute Gasteiger partial charge is 0.335 e. The number of aromatic carboxylic acids is 1. The molecule has 13 atom stereocenters. The molecule has 2 heterocycles. The number of aliphatic carboxylic acids is 1. The molecular formula is C79H113N11O18. The molecule has 0 bridgehead atoms. The number of primary amides is 2. The van der Waals surface area contributed by atoms with E-state index in [1.807, 2.05) is 19.1 Å². The molecule has 29 heteroatoms. The molecular weight excluding hydrogens is 1390 g/mol. The second kappa shape index (κ2) is 42.9. The van der Waals surface area contributed by atoms with Crippen LogP contribution >= 0.6 is 0 Å². The number of benzene rings is 2. The highest BCUT2D eigenvalue weighted by molar-refractivity contribution is 6.41. The van der Waals surface area contributed by atoms with E-state index in [0.717, 1.165) is 19.3 Å². The van der Waals surface area contributed by atoms with E-state index in [-0.39, 0.29) is 86.9 Å². The molecule has 7 amide bonds. The first-order valence-electron chi connectivity index (χ1n) is 37.8. The molecule has 1 aromatic heterocycles. The van der Waals surface area contributed by atoms with E-state index in [1.54, 1.807) is 44.3 Å². The summed E-state index contributed by atoms with van der Waals surface area (Å²) in [5.41, 5.74) is 15.0. The molecule has 1 aliphatic heterocycles. The van der Waals surface area contributed by atoms with Crippen molar-refractivity contribution in [2.24, 2.45) is 46.5 Å². The van der Waals surface area contributed by atoms with Crippen molar-refractivity contribution in [2.75, 3.05) is 6.54 Å². The maximum atomic E-state index is 15.2. The molecule has 1 aliphatic carbocycles. The van der Waals surface area contributed by atoms with Gasteiger partial charge in [0.2, 0.25) is 64.5 Å². The number of hydrazine groups is 1. The fourth-order valence-corrected chi connectivity index (χ4v) is 13.5. The number of fused-ring (bicyclic) bond motifs is 1. The topological polar surface area (TPSA) is 478 Å². The molecule has 2 aliphatic rings. The Morgan fingerprint density at radius 3 is 1.94 bits per heavy atom. The first kappa shape index (κ1) is 89.1. The summed E-state index contributed by atoms with van der Waals surface area (Å²) in [6.45, 7) is 13.2. The number of hydrogen-bond donors (Lipinski definition) is 13. The van der Waals surface area contributed by atoms with Gasteiger partial charge in [-0.15, -0.1) is 0 Å². The Labute approximate surface area is 631 Å². The summed E-state index contributed by atoms with van der Waals surface area (Å²) in [4.78, 5) is 224. The molecule has 15 N–H and O–H groups in total. The monoisotopic (exact) mass is 1500 g/mol. The van der Waals surface area contributed by atoms with Crippen LogP contribution in [-0.2, 0) is 84.8 Å². The second-order valence-electron chi connectivity index (χ2n) is 30.2. The number of allylic oxidation sites excluding steroid dienone is 2. The van der Waals surface area contributed by atoms with E-state index in [9.17, 15) is 77.3 Å². The van der Waals surface area contributed by atoms with Crippen LogP contribution in [0.5, 0.6) is 0 Å². The first-order chi connectivity index (χ1) is 51.0. The zero-order valence-corrected chi connectivity index (χ0v) is 63.8. The number of nitrogens with one attached hydrogen (secondary N) is 9. The van der Waals surface area contributed by atoms with E-state index < -0.39 is 179 Å². The van der Waals surface area contributed by atoms with Crippen LogP contribution in [0.1, 0.15) is 219 Å². The SMILES string of the molecule is CCC(C)[C@H](NNC(C)C(=O)C(=O)C(C)NC(=O)[C@]1(C)CCC/C=C/CCCCCC[C@@](C)(CC(C)=O)C(=O)N[C@@H](CCC(=O)O)C(=O)N[C@@H](Cc2ccc(C(=O)O)cc2)C(=O)C[C@@H](Cc2c[nH]c3ccccc23)C(=O)N[C@@H](C)C(=O)C(=O)[C@H](CCC(N)=O)NC[C@@H](CC2CCC2)C(=O)N1)C(=O)C[C@H](C)C(N)=O. The van der Waals surface area contributed by atoms with Crippen molar-refractivity contribution >= 4 is 105 Å². The Morgan fingerprint density at radius 2 is 1.32 bits per heavy atom. The normalized spacial score (nSPS) is 24.5.